The zero-order valence-corrected chi connectivity index (χ0v) is 12.4. The Bertz CT molecular complexity index is 614. The summed E-state index contributed by atoms with van der Waals surface area (Å²) in [5.74, 6) is 1.04. The molecule has 0 aliphatic rings. The van der Waals surface area contributed by atoms with Gasteiger partial charge in [0.1, 0.15) is 0 Å². The molecule has 0 fully saturated rings. The molecular formula is C16H18N2O3. The van der Waals surface area contributed by atoms with E-state index in [-0.39, 0.29) is 5.91 Å². The second-order valence-corrected chi connectivity index (χ2v) is 4.55. The van der Waals surface area contributed by atoms with Gasteiger partial charge in [-0.1, -0.05) is 6.07 Å². The minimum atomic E-state index is -0.0957. The summed E-state index contributed by atoms with van der Waals surface area (Å²) in [6, 6.07) is 10.8. The van der Waals surface area contributed by atoms with Crippen molar-refractivity contribution in [3.05, 3.63) is 53.9 Å². The van der Waals surface area contributed by atoms with Gasteiger partial charge in [-0.25, -0.2) is 0 Å². The molecule has 0 aliphatic heterocycles. The molecule has 21 heavy (non-hydrogen) atoms. The van der Waals surface area contributed by atoms with E-state index in [1.165, 1.54) is 0 Å². The number of hydrogen-bond acceptors (Lipinski definition) is 4. The van der Waals surface area contributed by atoms with Gasteiger partial charge in [0, 0.05) is 18.8 Å². The first-order valence-electron chi connectivity index (χ1n) is 6.53. The molecule has 2 rings (SSSR count). The van der Waals surface area contributed by atoms with Crippen LogP contribution in [0.4, 0.5) is 0 Å². The van der Waals surface area contributed by atoms with E-state index in [1.807, 2.05) is 18.2 Å². The molecule has 0 radical (unpaired) electrons. The molecule has 1 aromatic heterocycles. The first-order chi connectivity index (χ1) is 10.2. The zero-order chi connectivity index (χ0) is 15.2. The van der Waals surface area contributed by atoms with Crippen molar-refractivity contribution in [2.45, 2.75) is 6.54 Å². The summed E-state index contributed by atoms with van der Waals surface area (Å²) in [5, 5.41) is 0. The maximum absolute atomic E-state index is 12.4. The Morgan fingerprint density at radius 2 is 1.90 bits per heavy atom. The molecule has 1 amide bonds. The number of ether oxygens (including phenoxy) is 2. The van der Waals surface area contributed by atoms with Gasteiger partial charge in [0.15, 0.2) is 11.5 Å². The van der Waals surface area contributed by atoms with Gasteiger partial charge in [-0.3, -0.25) is 9.78 Å². The van der Waals surface area contributed by atoms with Gasteiger partial charge in [-0.05, 0) is 30.3 Å². The molecule has 0 bridgehead atoms. The lowest BCUT2D eigenvalue weighted by atomic mass is 10.1. The number of pyridine rings is 1. The van der Waals surface area contributed by atoms with Gasteiger partial charge in [-0.2, -0.15) is 0 Å². The SMILES string of the molecule is COc1ccc(C(=O)N(C)Cc2ccccn2)cc1OC. The monoisotopic (exact) mass is 286 g/mol. The van der Waals surface area contributed by atoms with Crippen molar-refractivity contribution >= 4 is 5.91 Å². The van der Waals surface area contributed by atoms with Gasteiger partial charge in [-0.15, -0.1) is 0 Å². The minimum absolute atomic E-state index is 0.0957. The Morgan fingerprint density at radius 3 is 2.52 bits per heavy atom. The Labute approximate surface area is 124 Å². The van der Waals surface area contributed by atoms with Crippen molar-refractivity contribution in [2.75, 3.05) is 21.3 Å². The number of benzene rings is 1. The summed E-state index contributed by atoms with van der Waals surface area (Å²) < 4.78 is 10.4. The Hall–Kier alpha value is -2.56. The molecule has 5 heteroatoms. The molecule has 1 heterocycles. The fourth-order valence-electron chi connectivity index (χ4n) is 2.00. The van der Waals surface area contributed by atoms with E-state index in [0.717, 1.165) is 5.69 Å². The molecule has 2 aromatic rings. The van der Waals surface area contributed by atoms with Gasteiger partial charge >= 0.3 is 0 Å². The fraction of sp³-hybridized carbons (Fsp3) is 0.250. The van der Waals surface area contributed by atoms with Crippen LogP contribution in [0.25, 0.3) is 0 Å². The topological polar surface area (TPSA) is 51.7 Å². The average molecular weight is 286 g/mol. The normalized spacial score (nSPS) is 10.0. The molecule has 0 spiro atoms. The largest absolute Gasteiger partial charge is 0.493 e. The second kappa shape index (κ2) is 6.74. The summed E-state index contributed by atoms with van der Waals surface area (Å²) in [4.78, 5) is 18.3. The Kier molecular flexibility index (Phi) is 4.77. The van der Waals surface area contributed by atoms with Crippen LogP contribution in [-0.4, -0.2) is 37.1 Å². The summed E-state index contributed by atoms with van der Waals surface area (Å²) >= 11 is 0. The van der Waals surface area contributed by atoms with Crippen molar-refractivity contribution in [2.24, 2.45) is 0 Å². The highest BCUT2D eigenvalue weighted by atomic mass is 16.5. The first kappa shape index (κ1) is 14.8. The fourth-order valence-corrected chi connectivity index (χ4v) is 2.00. The van der Waals surface area contributed by atoms with E-state index >= 15 is 0 Å². The summed E-state index contributed by atoms with van der Waals surface area (Å²) in [7, 11) is 4.85. The van der Waals surface area contributed by atoms with Crippen molar-refractivity contribution in [3.63, 3.8) is 0 Å². The van der Waals surface area contributed by atoms with Crippen LogP contribution < -0.4 is 9.47 Å². The molecule has 0 atom stereocenters. The Morgan fingerprint density at radius 1 is 1.14 bits per heavy atom. The Balaban J connectivity index is 2.15. The first-order valence-corrected chi connectivity index (χ1v) is 6.53. The van der Waals surface area contributed by atoms with E-state index in [1.54, 1.807) is 50.6 Å². The third kappa shape index (κ3) is 3.51. The maximum Gasteiger partial charge on any atom is 0.254 e. The molecule has 5 nitrogen and oxygen atoms in total. The molecule has 0 saturated carbocycles. The van der Waals surface area contributed by atoms with Gasteiger partial charge in [0.05, 0.1) is 26.5 Å². The molecular weight excluding hydrogens is 268 g/mol. The number of carbonyl (C=O) groups excluding carboxylic acids is 1. The van der Waals surface area contributed by atoms with Crippen LogP contribution in [-0.2, 0) is 6.54 Å². The number of nitrogens with zero attached hydrogens (tertiary/aromatic N) is 2. The minimum Gasteiger partial charge on any atom is -0.493 e. The quantitative estimate of drug-likeness (QED) is 0.846. The van der Waals surface area contributed by atoms with Crippen molar-refractivity contribution in [3.8, 4) is 11.5 Å². The summed E-state index contributed by atoms with van der Waals surface area (Å²) in [5.41, 5.74) is 1.39. The highest BCUT2D eigenvalue weighted by Gasteiger charge is 2.15. The molecule has 0 N–H and O–H groups in total. The van der Waals surface area contributed by atoms with E-state index in [0.29, 0.717) is 23.6 Å². The summed E-state index contributed by atoms with van der Waals surface area (Å²) in [6.07, 6.45) is 1.71. The number of methoxy groups -OCH3 is 2. The van der Waals surface area contributed by atoms with E-state index in [4.69, 9.17) is 9.47 Å². The van der Waals surface area contributed by atoms with Crippen LogP contribution in [0.15, 0.2) is 42.6 Å². The average Bonchev–Trinajstić information content (AvgIpc) is 2.54. The third-order valence-electron chi connectivity index (χ3n) is 3.10. The molecule has 1 aromatic carbocycles. The van der Waals surface area contributed by atoms with Crippen LogP contribution in [0.2, 0.25) is 0 Å². The number of aromatic nitrogens is 1. The van der Waals surface area contributed by atoms with Crippen LogP contribution in [0.5, 0.6) is 11.5 Å². The number of rotatable bonds is 5. The van der Waals surface area contributed by atoms with Crippen LogP contribution in [0.3, 0.4) is 0 Å². The van der Waals surface area contributed by atoms with E-state index in [9.17, 15) is 4.79 Å². The maximum atomic E-state index is 12.4. The van der Waals surface area contributed by atoms with Crippen LogP contribution in [0, 0.1) is 0 Å². The van der Waals surface area contributed by atoms with Crippen LogP contribution in [0.1, 0.15) is 16.1 Å². The molecule has 0 aliphatic carbocycles. The summed E-state index contributed by atoms with van der Waals surface area (Å²) in [6.45, 7) is 0.452. The van der Waals surface area contributed by atoms with Crippen LogP contribution >= 0.6 is 0 Å². The van der Waals surface area contributed by atoms with Crippen molar-refractivity contribution < 1.29 is 14.3 Å². The predicted molar refractivity (Wildman–Crippen MR) is 79.6 cm³/mol. The number of amides is 1. The highest BCUT2D eigenvalue weighted by Crippen LogP contribution is 2.28. The lowest BCUT2D eigenvalue weighted by Gasteiger charge is -2.17. The number of hydrogen-bond donors (Lipinski definition) is 0. The van der Waals surface area contributed by atoms with E-state index < -0.39 is 0 Å². The molecule has 0 saturated heterocycles. The number of carbonyl (C=O) groups is 1. The highest BCUT2D eigenvalue weighted by molar-refractivity contribution is 5.94. The smallest absolute Gasteiger partial charge is 0.254 e. The molecule has 0 unspecified atom stereocenters. The standard InChI is InChI=1S/C16H18N2O3/c1-18(11-13-6-4-5-9-17-13)16(19)12-7-8-14(20-2)15(10-12)21-3/h4-10H,11H2,1-3H3. The lowest BCUT2D eigenvalue weighted by molar-refractivity contribution is 0.0783. The van der Waals surface area contributed by atoms with Gasteiger partial charge < -0.3 is 14.4 Å². The van der Waals surface area contributed by atoms with Crippen molar-refractivity contribution in [1.29, 1.82) is 0 Å². The second-order valence-electron chi connectivity index (χ2n) is 4.55. The van der Waals surface area contributed by atoms with Crippen molar-refractivity contribution in [1.82, 2.24) is 9.88 Å². The van der Waals surface area contributed by atoms with Gasteiger partial charge in [0.2, 0.25) is 0 Å². The van der Waals surface area contributed by atoms with E-state index in [2.05, 4.69) is 4.98 Å². The lowest BCUT2D eigenvalue weighted by Crippen LogP contribution is -2.26. The van der Waals surface area contributed by atoms with Gasteiger partial charge in [0.25, 0.3) is 5.91 Å². The third-order valence-corrected chi connectivity index (χ3v) is 3.10. The predicted octanol–water partition coefficient (Wildman–Crippen LogP) is 2.37. The zero-order valence-electron chi connectivity index (χ0n) is 12.4. The molecule has 110 valence electrons.